The van der Waals surface area contributed by atoms with E-state index in [1.165, 1.54) is 6.42 Å². The Balaban J connectivity index is 0.00000180. The highest BCUT2D eigenvalue weighted by Gasteiger charge is 2.24. The highest BCUT2D eigenvalue weighted by molar-refractivity contribution is 5.85. The summed E-state index contributed by atoms with van der Waals surface area (Å²) in [4.78, 5) is 18.5. The van der Waals surface area contributed by atoms with Crippen LogP contribution in [0.15, 0.2) is 24.4 Å². The number of carbonyl (C=O) groups is 1. The van der Waals surface area contributed by atoms with Crippen LogP contribution in [0.4, 0.5) is 0 Å². The molecule has 0 spiro atoms. The summed E-state index contributed by atoms with van der Waals surface area (Å²) in [6.45, 7) is 4.31. The van der Waals surface area contributed by atoms with Gasteiger partial charge in [0, 0.05) is 12.7 Å². The van der Waals surface area contributed by atoms with Gasteiger partial charge in [-0.15, -0.1) is 24.8 Å². The monoisotopic (exact) mass is 319 g/mol. The maximum Gasteiger partial charge on any atom is 0.240 e. The van der Waals surface area contributed by atoms with Crippen LogP contribution in [0.2, 0.25) is 0 Å². The van der Waals surface area contributed by atoms with Crippen molar-refractivity contribution in [3.05, 3.63) is 30.1 Å². The molecule has 1 aromatic rings. The zero-order chi connectivity index (χ0) is 12.8. The molecular formula is C14H23Cl2N3O. The number of carbonyl (C=O) groups excluding carboxylic acids is 1. The zero-order valence-corrected chi connectivity index (χ0v) is 13.4. The third-order valence-corrected chi connectivity index (χ3v) is 3.38. The minimum absolute atomic E-state index is 0. The van der Waals surface area contributed by atoms with Crippen LogP contribution < -0.4 is 5.32 Å². The van der Waals surface area contributed by atoms with Crippen molar-refractivity contribution in [2.75, 3.05) is 13.1 Å². The summed E-state index contributed by atoms with van der Waals surface area (Å²) in [6, 6.07) is 5.82. The molecule has 1 N–H and O–H groups in total. The molecule has 4 nitrogen and oxygen atoms in total. The van der Waals surface area contributed by atoms with Crippen LogP contribution in [0, 0.1) is 0 Å². The molecule has 1 saturated heterocycles. The Labute approximate surface area is 133 Å². The van der Waals surface area contributed by atoms with Crippen LogP contribution in [-0.2, 0) is 11.3 Å². The normalized spacial score (nSPS) is 17.6. The molecule has 0 bridgehead atoms. The molecule has 2 heterocycles. The van der Waals surface area contributed by atoms with E-state index in [9.17, 15) is 4.79 Å². The van der Waals surface area contributed by atoms with Crippen LogP contribution in [0.5, 0.6) is 0 Å². The van der Waals surface area contributed by atoms with Crippen molar-refractivity contribution >= 4 is 30.7 Å². The van der Waals surface area contributed by atoms with Gasteiger partial charge in [0.15, 0.2) is 0 Å². The van der Waals surface area contributed by atoms with Crippen LogP contribution in [0.25, 0.3) is 0 Å². The Morgan fingerprint density at radius 2 is 2.20 bits per heavy atom. The Morgan fingerprint density at radius 1 is 1.40 bits per heavy atom. The van der Waals surface area contributed by atoms with Gasteiger partial charge in [0.1, 0.15) is 0 Å². The van der Waals surface area contributed by atoms with Crippen LogP contribution in [0.1, 0.15) is 31.9 Å². The van der Waals surface area contributed by atoms with Crippen LogP contribution >= 0.6 is 24.8 Å². The van der Waals surface area contributed by atoms with E-state index in [-0.39, 0.29) is 36.8 Å². The van der Waals surface area contributed by atoms with Gasteiger partial charge in [-0.05, 0) is 38.4 Å². The van der Waals surface area contributed by atoms with E-state index in [1.807, 2.05) is 30.0 Å². The summed E-state index contributed by atoms with van der Waals surface area (Å²) in [5, 5.41) is 3.31. The lowest BCUT2D eigenvalue weighted by molar-refractivity contribution is -0.134. The zero-order valence-electron chi connectivity index (χ0n) is 11.7. The lowest BCUT2D eigenvalue weighted by Crippen LogP contribution is -2.48. The van der Waals surface area contributed by atoms with Crippen LogP contribution in [0.3, 0.4) is 0 Å². The van der Waals surface area contributed by atoms with Crippen molar-refractivity contribution in [3.8, 4) is 0 Å². The molecule has 6 heteroatoms. The van der Waals surface area contributed by atoms with Crippen molar-refractivity contribution in [3.63, 3.8) is 0 Å². The summed E-state index contributed by atoms with van der Waals surface area (Å²) in [6.07, 6.45) is 5.05. The number of amides is 1. The van der Waals surface area contributed by atoms with E-state index in [2.05, 4.69) is 10.3 Å². The van der Waals surface area contributed by atoms with Gasteiger partial charge in [-0.2, -0.15) is 0 Å². The highest BCUT2D eigenvalue weighted by Crippen LogP contribution is 2.11. The first kappa shape index (κ1) is 19.2. The molecule has 1 amide bonds. The van der Waals surface area contributed by atoms with Gasteiger partial charge in [-0.25, -0.2) is 0 Å². The van der Waals surface area contributed by atoms with Crippen molar-refractivity contribution in [2.45, 2.75) is 38.8 Å². The Kier molecular flexibility index (Phi) is 9.55. The fraction of sp³-hybridized carbons (Fsp3) is 0.571. The molecule has 1 aliphatic rings. The van der Waals surface area contributed by atoms with Gasteiger partial charge < -0.3 is 10.2 Å². The minimum Gasteiger partial charge on any atom is -0.336 e. The number of nitrogens with one attached hydrogen (secondary N) is 1. The number of aromatic nitrogens is 1. The average molecular weight is 320 g/mol. The molecule has 2 rings (SSSR count). The molecule has 20 heavy (non-hydrogen) atoms. The number of hydrogen-bond donors (Lipinski definition) is 1. The van der Waals surface area contributed by atoms with E-state index in [0.717, 1.165) is 31.6 Å². The summed E-state index contributed by atoms with van der Waals surface area (Å²) in [5.74, 6) is 0.211. The van der Waals surface area contributed by atoms with Gasteiger partial charge in [-0.1, -0.05) is 12.5 Å². The Hall–Kier alpha value is -0.840. The van der Waals surface area contributed by atoms with Crippen LogP contribution in [-0.4, -0.2) is 34.9 Å². The van der Waals surface area contributed by atoms with Gasteiger partial charge >= 0.3 is 0 Å². The summed E-state index contributed by atoms with van der Waals surface area (Å²) >= 11 is 0. The number of likely N-dealkylation sites (N-methyl/N-ethyl adjacent to an activating group) is 1. The standard InChI is InChI=1S/C14H21N3O.2ClH/c1-2-17(11-12-7-3-5-9-15-12)14(18)13-8-4-6-10-16-13;;/h3,5,7,9,13,16H,2,4,6,8,10-11H2,1H3;2*1H. The number of nitrogens with zero attached hydrogens (tertiary/aromatic N) is 2. The molecule has 1 aromatic heterocycles. The maximum atomic E-state index is 12.4. The number of piperidine rings is 1. The fourth-order valence-corrected chi connectivity index (χ4v) is 2.32. The van der Waals surface area contributed by atoms with E-state index in [1.54, 1.807) is 6.20 Å². The van der Waals surface area contributed by atoms with Gasteiger partial charge in [0.05, 0.1) is 18.3 Å². The van der Waals surface area contributed by atoms with Gasteiger partial charge in [0.2, 0.25) is 5.91 Å². The summed E-state index contributed by atoms with van der Waals surface area (Å²) < 4.78 is 0. The van der Waals surface area contributed by atoms with E-state index >= 15 is 0 Å². The molecule has 1 aliphatic heterocycles. The van der Waals surface area contributed by atoms with Crippen molar-refractivity contribution in [1.29, 1.82) is 0 Å². The van der Waals surface area contributed by atoms with Crippen molar-refractivity contribution < 1.29 is 4.79 Å². The van der Waals surface area contributed by atoms with Gasteiger partial charge in [-0.3, -0.25) is 9.78 Å². The number of halogens is 2. The molecule has 0 aromatic carbocycles. The summed E-state index contributed by atoms with van der Waals surface area (Å²) in [7, 11) is 0. The quantitative estimate of drug-likeness (QED) is 0.927. The lowest BCUT2D eigenvalue weighted by atomic mass is 10.0. The van der Waals surface area contributed by atoms with E-state index < -0.39 is 0 Å². The second kappa shape index (κ2) is 9.97. The maximum absolute atomic E-state index is 12.4. The first-order chi connectivity index (χ1) is 8.81. The molecule has 1 unspecified atom stereocenters. The Morgan fingerprint density at radius 3 is 2.75 bits per heavy atom. The first-order valence-electron chi connectivity index (χ1n) is 6.73. The predicted octanol–water partition coefficient (Wildman–Crippen LogP) is 2.42. The van der Waals surface area contributed by atoms with E-state index in [4.69, 9.17) is 0 Å². The third-order valence-electron chi connectivity index (χ3n) is 3.38. The molecule has 114 valence electrons. The second-order valence-electron chi connectivity index (χ2n) is 4.68. The highest BCUT2D eigenvalue weighted by atomic mass is 35.5. The number of rotatable bonds is 4. The van der Waals surface area contributed by atoms with Crippen molar-refractivity contribution in [1.82, 2.24) is 15.2 Å². The SMILES string of the molecule is CCN(Cc1ccccn1)C(=O)C1CCCCN1.Cl.Cl. The topological polar surface area (TPSA) is 45.2 Å². The fourth-order valence-electron chi connectivity index (χ4n) is 2.32. The largest absolute Gasteiger partial charge is 0.336 e. The molecular weight excluding hydrogens is 297 g/mol. The number of hydrogen-bond acceptors (Lipinski definition) is 3. The van der Waals surface area contributed by atoms with E-state index in [0.29, 0.717) is 6.54 Å². The Bertz CT molecular complexity index is 383. The minimum atomic E-state index is 0. The lowest BCUT2D eigenvalue weighted by Gasteiger charge is -2.29. The number of pyridine rings is 1. The molecule has 1 fully saturated rings. The molecule has 0 radical (unpaired) electrons. The molecule has 0 saturated carbocycles. The summed E-state index contributed by atoms with van der Waals surface area (Å²) in [5.41, 5.74) is 0.948. The smallest absolute Gasteiger partial charge is 0.240 e. The predicted molar refractivity (Wildman–Crippen MR) is 85.5 cm³/mol. The molecule has 0 aliphatic carbocycles. The van der Waals surface area contributed by atoms with Gasteiger partial charge in [0.25, 0.3) is 0 Å². The third kappa shape index (κ3) is 5.27. The first-order valence-corrected chi connectivity index (χ1v) is 6.73. The average Bonchev–Trinajstić information content (AvgIpc) is 2.46. The second-order valence-corrected chi connectivity index (χ2v) is 4.68. The van der Waals surface area contributed by atoms with Crippen molar-refractivity contribution in [2.24, 2.45) is 0 Å². The molecule has 1 atom stereocenters.